The van der Waals surface area contributed by atoms with Gasteiger partial charge in [-0.15, -0.1) is 0 Å². The van der Waals surface area contributed by atoms with Gasteiger partial charge >= 0.3 is 5.82 Å². The summed E-state index contributed by atoms with van der Waals surface area (Å²) in [5, 5.41) is 13.9. The molecule has 0 spiro atoms. The number of nitrogens with two attached hydrogens (primary N) is 1. The maximum atomic E-state index is 10.7. The highest BCUT2D eigenvalue weighted by molar-refractivity contribution is 5.53. The van der Waals surface area contributed by atoms with Crippen molar-refractivity contribution >= 4 is 11.6 Å². The molecular weight excluding hydrogens is 210 g/mol. The molecule has 1 saturated carbocycles. The van der Waals surface area contributed by atoms with E-state index in [1.807, 2.05) is 0 Å². The van der Waals surface area contributed by atoms with Crippen LogP contribution >= 0.6 is 0 Å². The number of hydrogen-bond donors (Lipinski definition) is 2. The Balaban J connectivity index is 2.18. The molecule has 1 aliphatic rings. The van der Waals surface area contributed by atoms with E-state index >= 15 is 0 Å². The molecule has 1 aliphatic carbocycles. The molecule has 1 heterocycles. The van der Waals surface area contributed by atoms with Gasteiger partial charge in [0.15, 0.2) is 0 Å². The van der Waals surface area contributed by atoms with E-state index in [0.29, 0.717) is 18.3 Å². The molecule has 1 fully saturated rings. The molecule has 88 valence electrons. The average molecular weight is 225 g/mol. The maximum Gasteiger partial charge on any atom is 0.406 e. The summed E-state index contributed by atoms with van der Waals surface area (Å²) in [7, 11) is 1.73. The van der Waals surface area contributed by atoms with Crippen molar-refractivity contribution in [1.82, 2.24) is 9.55 Å². The van der Waals surface area contributed by atoms with Crippen molar-refractivity contribution in [2.45, 2.75) is 18.9 Å². The van der Waals surface area contributed by atoms with E-state index in [0.717, 1.165) is 12.8 Å². The molecule has 0 radical (unpaired) electrons. The van der Waals surface area contributed by atoms with Gasteiger partial charge in [0.25, 0.3) is 0 Å². The van der Waals surface area contributed by atoms with Crippen molar-refractivity contribution in [2.24, 2.45) is 18.7 Å². The highest BCUT2D eigenvalue weighted by Crippen LogP contribution is 2.35. The van der Waals surface area contributed by atoms with Crippen LogP contribution in [-0.2, 0) is 7.05 Å². The van der Waals surface area contributed by atoms with Gasteiger partial charge in [-0.2, -0.15) is 0 Å². The molecular formula is C9H15N5O2. The molecule has 0 saturated heterocycles. The third kappa shape index (κ3) is 1.99. The van der Waals surface area contributed by atoms with E-state index in [-0.39, 0.29) is 11.9 Å². The number of rotatable bonds is 5. The Hall–Kier alpha value is -1.63. The predicted molar refractivity (Wildman–Crippen MR) is 59.1 cm³/mol. The van der Waals surface area contributed by atoms with Gasteiger partial charge in [-0.05, 0) is 28.7 Å². The van der Waals surface area contributed by atoms with Crippen molar-refractivity contribution in [1.29, 1.82) is 0 Å². The number of aromatic nitrogens is 2. The zero-order valence-corrected chi connectivity index (χ0v) is 9.09. The Kier molecular flexibility index (Phi) is 2.78. The van der Waals surface area contributed by atoms with Crippen LogP contribution in [0.3, 0.4) is 0 Å². The normalized spacial score (nSPS) is 17.1. The molecule has 7 heteroatoms. The monoisotopic (exact) mass is 225 g/mol. The van der Waals surface area contributed by atoms with Gasteiger partial charge < -0.3 is 21.2 Å². The van der Waals surface area contributed by atoms with E-state index in [9.17, 15) is 10.1 Å². The van der Waals surface area contributed by atoms with Crippen LogP contribution in [0.25, 0.3) is 0 Å². The van der Waals surface area contributed by atoms with E-state index in [1.54, 1.807) is 11.6 Å². The van der Waals surface area contributed by atoms with Crippen molar-refractivity contribution in [3.63, 3.8) is 0 Å². The van der Waals surface area contributed by atoms with Gasteiger partial charge in [-0.3, -0.25) is 4.57 Å². The number of nitrogens with one attached hydrogen (secondary N) is 1. The fourth-order valence-corrected chi connectivity index (χ4v) is 1.76. The zero-order chi connectivity index (χ0) is 11.7. The average Bonchev–Trinajstić information content (AvgIpc) is 3.01. The lowest BCUT2D eigenvalue weighted by atomic mass is 10.2. The summed E-state index contributed by atoms with van der Waals surface area (Å²) in [4.78, 5) is 14.0. The first-order chi connectivity index (χ1) is 7.63. The lowest BCUT2D eigenvalue weighted by Gasteiger charge is -2.16. The molecule has 0 aliphatic heterocycles. The minimum atomic E-state index is -0.483. The Bertz CT molecular complexity index is 399. The van der Waals surface area contributed by atoms with Crippen LogP contribution in [0.2, 0.25) is 0 Å². The van der Waals surface area contributed by atoms with Gasteiger partial charge in [0, 0.05) is 19.6 Å². The first kappa shape index (κ1) is 10.9. The Labute approximate surface area is 92.8 Å². The van der Waals surface area contributed by atoms with Crippen molar-refractivity contribution in [3.05, 3.63) is 16.4 Å². The molecule has 2 rings (SSSR count). The molecule has 7 nitrogen and oxygen atoms in total. The maximum absolute atomic E-state index is 10.7. The molecule has 0 bridgehead atoms. The third-order valence-corrected chi connectivity index (χ3v) is 2.86. The lowest BCUT2D eigenvalue weighted by molar-refractivity contribution is -0.388. The molecule has 1 unspecified atom stereocenters. The van der Waals surface area contributed by atoms with Gasteiger partial charge in [0.05, 0.1) is 0 Å². The number of aryl methyl sites for hydroxylation is 1. The molecule has 1 atom stereocenters. The number of imidazole rings is 1. The van der Waals surface area contributed by atoms with Crippen LogP contribution in [0.5, 0.6) is 0 Å². The van der Waals surface area contributed by atoms with Crippen LogP contribution in [0.15, 0.2) is 6.33 Å². The van der Waals surface area contributed by atoms with E-state index in [4.69, 9.17) is 5.73 Å². The number of anilines is 1. The fourth-order valence-electron chi connectivity index (χ4n) is 1.76. The number of hydrogen-bond acceptors (Lipinski definition) is 5. The smallest absolute Gasteiger partial charge is 0.360 e. The van der Waals surface area contributed by atoms with Crippen molar-refractivity contribution < 1.29 is 4.92 Å². The molecule has 16 heavy (non-hydrogen) atoms. The summed E-state index contributed by atoms with van der Waals surface area (Å²) < 4.78 is 1.61. The molecule has 3 N–H and O–H groups in total. The van der Waals surface area contributed by atoms with Gasteiger partial charge in [-0.1, -0.05) is 0 Å². The van der Waals surface area contributed by atoms with Crippen LogP contribution < -0.4 is 11.1 Å². The van der Waals surface area contributed by atoms with Gasteiger partial charge in [-0.25, -0.2) is 0 Å². The molecule has 1 aromatic heterocycles. The topological polar surface area (TPSA) is 99.0 Å². The lowest BCUT2D eigenvalue weighted by Crippen LogP contribution is -2.31. The number of nitrogens with zero attached hydrogens (tertiary/aromatic N) is 3. The Morgan fingerprint density at radius 3 is 3.00 bits per heavy atom. The Morgan fingerprint density at radius 2 is 2.50 bits per heavy atom. The van der Waals surface area contributed by atoms with E-state index < -0.39 is 4.92 Å². The third-order valence-electron chi connectivity index (χ3n) is 2.86. The van der Waals surface area contributed by atoms with Gasteiger partial charge in [0.2, 0.25) is 12.1 Å². The molecule has 0 amide bonds. The predicted octanol–water partition coefficient (Wildman–Crippen LogP) is 0.477. The highest BCUT2D eigenvalue weighted by Gasteiger charge is 2.32. The summed E-state index contributed by atoms with van der Waals surface area (Å²) in [6, 6.07) is 0.106. The summed E-state index contributed by atoms with van der Waals surface area (Å²) in [5.74, 6) is 0.841. The second-order valence-corrected chi connectivity index (χ2v) is 4.11. The minimum absolute atomic E-state index is 0.106. The standard InChI is InChI=1S/C9H15N5O2/c1-13-5-11-8(14(15)16)9(13)12-7(4-10)6-2-3-6/h5-7,12H,2-4,10H2,1H3. The molecule has 1 aromatic rings. The summed E-state index contributed by atoms with van der Waals surface area (Å²) in [6.07, 6.45) is 3.71. The largest absolute Gasteiger partial charge is 0.406 e. The van der Waals surface area contributed by atoms with Gasteiger partial charge in [0.1, 0.15) is 0 Å². The number of nitro groups is 1. The summed E-state index contributed by atoms with van der Waals surface area (Å²) >= 11 is 0. The second-order valence-electron chi connectivity index (χ2n) is 4.11. The fraction of sp³-hybridized carbons (Fsp3) is 0.667. The summed E-state index contributed by atoms with van der Waals surface area (Å²) in [6.45, 7) is 0.479. The SMILES string of the molecule is Cn1cnc([N+](=O)[O-])c1NC(CN)C1CC1. The van der Waals surface area contributed by atoms with Crippen LogP contribution in [-0.4, -0.2) is 27.1 Å². The zero-order valence-electron chi connectivity index (χ0n) is 9.09. The van der Waals surface area contributed by atoms with Crippen LogP contribution in [0.4, 0.5) is 11.6 Å². The van der Waals surface area contributed by atoms with E-state index in [1.165, 1.54) is 6.33 Å². The van der Waals surface area contributed by atoms with Crippen LogP contribution in [0, 0.1) is 16.0 Å². The first-order valence-electron chi connectivity index (χ1n) is 5.25. The summed E-state index contributed by atoms with van der Waals surface area (Å²) in [5.41, 5.74) is 5.64. The van der Waals surface area contributed by atoms with Crippen molar-refractivity contribution in [3.8, 4) is 0 Å². The van der Waals surface area contributed by atoms with Crippen molar-refractivity contribution in [2.75, 3.05) is 11.9 Å². The van der Waals surface area contributed by atoms with Crippen LogP contribution in [0.1, 0.15) is 12.8 Å². The highest BCUT2D eigenvalue weighted by atomic mass is 16.6. The first-order valence-corrected chi connectivity index (χ1v) is 5.25. The molecule has 0 aromatic carbocycles. The van der Waals surface area contributed by atoms with E-state index in [2.05, 4.69) is 10.3 Å². The minimum Gasteiger partial charge on any atom is -0.360 e. The second kappa shape index (κ2) is 4.09. The Morgan fingerprint density at radius 1 is 1.81 bits per heavy atom. The quantitative estimate of drug-likeness (QED) is 0.560.